The van der Waals surface area contributed by atoms with Gasteiger partial charge in [-0.2, -0.15) is 0 Å². The molecule has 0 N–H and O–H groups in total. The molecule has 2 heterocycles. The molecule has 0 unspecified atom stereocenters. The molecule has 0 amide bonds. The molecule has 0 spiro atoms. The number of para-hydroxylation sites is 1. The summed E-state index contributed by atoms with van der Waals surface area (Å²) in [7, 11) is 0. The second-order valence-electron chi connectivity index (χ2n) is 2.89. The number of hydrogen-bond donors (Lipinski definition) is 0. The Morgan fingerprint density at radius 3 is 3.15 bits per heavy atom. The SMILES string of the molecule is [c]1csc2cnc3ccccc3c12. The summed E-state index contributed by atoms with van der Waals surface area (Å²) in [5, 5.41) is 4.37. The largest absolute Gasteiger partial charge is 0.255 e. The molecule has 1 nitrogen and oxygen atoms in total. The lowest BCUT2D eigenvalue weighted by molar-refractivity contribution is 1.46. The maximum atomic E-state index is 4.37. The average molecular weight is 184 g/mol. The Labute approximate surface area is 79.7 Å². The van der Waals surface area contributed by atoms with Crippen molar-refractivity contribution >= 4 is 32.3 Å². The molecule has 1 radical (unpaired) electrons. The first-order valence-electron chi connectivity index (χ1n) is 4.08. The molecule has 0 aliphatic rings. The highest BCUT2D eigenvalue weighted by Gasteiger charge is 2.00. The summed E-state index contributed by atoms with van der Waals surface area (Å²) in [6.45, 7) is 0. The van der Waals surface area contributed by atoms with Crippen LogP contribution in [0.2, 0.25) is 0 Å². The Kier molecular flexibility index (Phi) is 1.37. The molecule has 2 aromatic heterocycles. The second-order valence-corrected chi connectivity index (χ2v) is 3.81. The molecule has 3 aromatic rings. The topological polar surface area (TPSA) is 12.9 Å². The first kappa shape index (κ1) is 7.04. The first-order chi connectivity index (χ1) is 6.45. The molecule has 0 fully saturated rings. The highest BCUT2D eigenvalue weighted by Crippen LogP contribution is 2.26. The van der Waals surface area contributed by atoms with E-state index in [4.69, 9.17) is 0 Å². The van der Waals surface area contributed by atoms with Gasteiger partial charge in [0.05, 0.1) is 10.2 Å². The van der Waals surface area contributed by atoms with Crippen LogP contribution in [-0.2, 0) is 0 Å². The van der Waals surface area contributed by atoms with Gasteiger partial charge in [0.1, 0.15) is 0 Å². The standard InChI is InChI=1S/C11H6NS/c1-2-4-10-8(3-1)9-5-6-13-11(9)7-12-10/h1-4,6-7H. The van der Waals surface area contributed by atoms with Crippen molar-refractivity contribution in [2.75, 3.05) is 0 Å². The fourth-order valence-corrected chi connectivity index (χ4v) is 2.22. The Bertz CT molecular complexity index is 568. The summed E-state index contributed by atoms with van der Waals surface area (Å²) in [6.07, 6.45) is 1.92. The van der Waals surface area contributed by atoms with Gasteiger partial charge in [-0.1, -0.05) is 18.2 Å². The molecule has 0 atom stereocenters. The molecule has 0 aliphatic heterocycles. The van der Waals surface area contributed by atoms with Gasteiger partial charge in [-0.3, -0.25) is 4.98 Å². The van der Waals surface area contributed by atoms with E-state index < -0.39 is 0 Å². The normalized spacial score (nSPS) is 11.1. The Morgan fingerprint density at radius 2 is 2.15 bits per heavy atom. The summed E-state index contributed by atoms with van der Waals surface area (Å²) in [5.74, 6) is 0. The lowest BCUT2D eigenvalue weighted by Crippen LogP contribution is -1.76. The van der Waals surface area contributed by atoms with E-state index in [0.29, 0.717) is 0 Å². The van der Waals surface area contributed by atoms with E-state index in [0.717, 1.165) is 5.52 Å². The molecule has 13 heavy (non-hydrogen) atoms. The number of nitrogens with zero attached hydrogens (tertiary/aromatic N) is 1. The molecule has 0 saturated heterocycles. The third-order valence-electron chi connectivity index (χ3n) is 2.13. The van der Waals surface area contributed by atoms with Crippen molar-refractivity contribution in [1.82, 2.24) is 4.98 Å². The number of thiophene rings is 1. The third kappa shape index (κ3) is 0.956. The van der Waals surface area contributed by atoms with Crippen molar-refractivity contribution in [3.05, 3.63) is 41.9 Å². The summed E-state index contributed by atoms with van der Waals surface area (Å²) in [4.78, 5) is 4.37. The van der Waals surface area contributed by atoms with E-state index in [1.165, 1.54) is 15.5 Å². The van der Waals surface area contributed by atoms with Gasteiger partial charge in [-0.05, 0) is 11.4 Å². The van der Waals surface area contributed by atoms with Crippen molar-refractivity contribution in [3.63, 3.8) is 0 Å². The Hall–Kier alpha value is -1.41. The molecule has 1 aromatic carbocycles. The molecular weight excluding hydrogens is 178 g/mol. The lowest BCUT2D eigenvalue weighted by atomic mass is 10.1. The maximum Gasteiger partial charge on any atom is 0.0709 e. The van der Waals surface area contributed by atoms with Gasteiger partial charge in [0.15, 0.2) is 0 Å². The van der Waals surface area contributed by atoms with Crippen molar-refractivity contribution in [3.8, 4) is 0 Å². The average Bonchev–Trinajstić information content (AvgIpc) is 2.65. The number of aromatic nitrogens is 1. The predicted molar refractivity (Wildman–Crippen MR) is 56.0 cm³/mol. The monoisotopic (exact) mass is 184 g/mol. The minimum atomic E-state index is 1.05. The van der Waals surface area contributed by atoms with Crippen LogP contribution in [0.25, 0.3) is 21.0 Å². The van der Waals surface area contributed by atoms with Crippen LogP contribution in [0.5, 0.6) is 0 Å². The van der Waals surface area contributed by atoms with Crippen LogP contribution < -0.4 is 0 Å². The zero-order chi connectivity index (χ0) is 8.67. The van der Waals surface area contributed by atoms with Gasteiger partial charge in [0.25, 0.3) is 0 Å². The molecule has 2 heteroatoms. The van der Waals surface area contributed by atoms with Crippen molar-refractivity contribution in [1.29, 1.82) is 0 Å². The van der Waals surface area contributed by atoms with Gasteiger partial charge < -0.3 is 0 Å². The van der Waals surface area contributed by atoms with Crippen LogP contribution >= 0.6 is 11.3 Å². The lowest BCUT2D eigenvalue weighted by Gasteiger charge is -1.96. The minimum Gasteiger partial charge on any atom is -0.255 e. The highest BCUT2D eigenvalue weighted by atomic mass is 32.1. The number of benzene rings is 1. The van der Waals surface area contributed by atoms with E-state index in [2.05, 4.69) is 17.1 Å². The Morgan fingerprint density at radius 1 is 1.23 bits per heavy atom. The number of pyridine rings is 1. The first-order valence-corrected chi connectivity index (χ1v) is 4.96. The fraction of sp³-hybridized carbons (Fsp3) is 0. The molecule has 0 saturated carbocycles. The van der Waals surface area contributed by atoms with Crippen LogP contribution in [-0.4, -0.2) is 4.98 Å². The second kappa shape index (κ2) is 2.54. The number of fused-ring (bicyclic) bond motifs is 3. The maximum absolute atomic E-state index is 4.37. The van der Waals surface area contributed by atoms with Gasteiger partial charge in [0, 0.05) is 23.0 Å². The summed E-state index contributed by atoms with van der Waals surface area (Å²) in [5.41, 5.74) is 1.05. The zero-order valence-corrected chi connectivity index (χ0v) is 7.64. The van der Waals surface area contributed by atoms with E-state index in [9.17, 15) is 0 Å². The van der Waals surface area contributed by atoms with E-state index in [1.54, 1.807) is 11.3 Å². The fourth-order valence-electron chi connectivity index (χ4n) is 1.51. The van der Waals surface area contributed by atoms with E-state index in [-0.39, 0.29) is 0 Å². The molecule has 3 rings (SSSR count). The molecule has 61 valence electrons. The quantitative estimate of drug-likeness (QED) is 0.522. The van der Waals surface area contributed by atoms with Crippen LogP contribution in [0.4, 0.5) is 0 Å². The predicted octanol–water partition coefficient (Wildman–Crippen LogP) is 3.25. The number of hydrogen-bond acceptors (Lipinski definition) is 2. The third-order valence-corrected chi connectivity index (χ3v) is 2.93. The Balaban J connectivity index is 2.65. The smallest absolute Gasteiger partial charge is 0.0709 e. The summed E-state index contributed by atoms with van der Waals surface area (Å²) < 4.78 is 1.21. The van der Waals surface area contributed by atoms with Crippen LogP contribution in [0.3, 0.4) is 0 Å². The van der Waals surface area contributed by atoms with Gasteiger partial charge in [-0.15, -0.1) is 11.3 Å². The summed E-state index contributed by atoms with van der Waals surface area (Å²) >= 11 is 1.68. The minimum absolute atomic E-state index is 1.05. The van der Waals surface area contributed by atoms with Gasteiger partial charge in [0.2, 0.25) is 0 Å². The van der Waals surface area contributed by atoms with E-state index >= 15 is 0 Å². The molecule has 0 bridgehead atoms. The number of rotatable bonds is 0. The zero-order valence-electron chi connectivity index (χ0n) is 6.82. The van der Waals surface area contributed by atoms with Crippen molar-refractivity contribution in [2.45, 2.75) is 0 Å². The van der Waals surface area contributed by atoms with Gasteiger partial charge in [-0.25, -0.2) is 0 Å². The van der Waals surface area contributed by atoms with Crippen LogP contribution in [0, 0.1) is 6.07 Å². The molecular formula is C11H6NS. The van der Waals surface area contributed by atoms with Crippen molar-refractivity contribution in [2.24, 2.45) is 0 Å². The van der Waals surface area contributed by atoms with Crippen LogP contribution in [0.1, 0.15) is 0 Å². The van der Waals surface area contributed by atoms with E-state index in [1.807, 2.05) is 29.8 Å². The summed E-state index contributed by atoms with van der Waals surface area (Å²) in [6, 6.07) is 11.4. The molecule has 0 aliphatic carbocycles. The highest BCUT2D eigenvalue weighted by molar-refractivity contribution is 7.17. The van der Waals surface area contributed by atoms with Crippen LogP contribution in [0.15, 0.2) is 35.8 Å². The van der Waals surface area contributed by atoms with Gasteiger partial charge >= 0.3 is 0 Å². The van der Waals surface area contributed by atoms with Crippen molar-refractivity contribution < 1.29 is 0 Å².